The highest BCUT2D eigenvalue weighted by atomic mass is 16.5. The van der Waals surface area contributed by atoms with Crippen LogP contribution in [0.25, 0.3) is 0 Å². The minimum Gasteiger partial charge on any atom is -0.468 e. The van der Waals surface area contributed by atoms with E-state index in [4.69, 9.17) is 24.7 Å². The van der Waals surface area contributed by atoms with Crippen LogP contribution in [0.15, 0.2) is 124 Å². The zero-order valence-electron chi connectivity index (χ0n) is 23.8. The Bertz CT molecular complexity index is 1620. The van der Waals surface area contributed by atoms with Crippen LogP contribution in [-0.4, -0.2) is 43.3 Å². The van der Waals surface area contributed by atoms with Crippen LogP contribution in [0.2, 0.25) is 0 Å². The summed E-state index contributed by atoms with van der Waals surface area (Å²) in [5.74, 6) is -1.61. The number of benzene rings is 4. The lowest BCUT2D eigenvalue weighted by atomic mass is 9.69. The highest BCUT2D eigenvalue weighted by molar-refractivity contribution is 6.59. The van der Waals surface area contributed by atoms with Gasteiger partial charge in [-0.2, -0.15) is 15.3 Å². The molecular weight excluding hydrogens is 528 g/mol. The first-order valence-electron chi connectivity index (χ1n) is 13.4. The summed E-state index contributed by atoms with van der Waals surface area (Å²) >= 11 is 0. The molecule has 4 aromatic rings. The molecule has 0 fully saturated rings. The highest BCUT2D eigenvalue weighted by Gasteiger charge is 2.60. The van der Waals surface area contributed by atoms with Gasteiger partial charge in [0, 0.05) is 0 Å². The van der Waals surface area contributed by atoms with Gasteiger partial charge in [-0.3, -0.25) is 4.79 Å². The third-order valence-electron chi connectivity index (χ3n) is 6.96. The summed E-state index contributed by atoms with van der Waals surface area (Å²) in [4.78, 5) is 32.9. The van der Waals surface area contributed by atoms with Crippen LogP contribution in [0.3, 0.4) is 0 Å². The molecule has 0 saturated heterocycles. The Kier molecular flexibility index (Phi) is 8.06. The average Bonchev–Trinajstić information content (AvgIpc) is 3.04. The lowest BCUT2D eigenvalue weighted by Gasteiger charge is -2.38. The zero-order chi connectivity index (χ0) is 29.7. The summed E-state index contributed by atoms with van der Waals surface area (Å²) in [5, 5.41) is 11.3. The predicted octanol–water partition coefficient (Wildman–Crippen LogP) is 6.04. The molecule has 0 bridgehead atoms. The molecule has 0 spiro atoms. The van der Waals surface area contributed by atoms with Crippen molar-refractivity contribution in [3.8, 4) is 0 Å². The summed E-state index contributed by atoms with van der Waals surface area (Å²) in [6, 6.07) is 33.3. The van der Waals surface area contributed by atoms with Crippen molar-refractivity contribution in [3.05, 3.63) is 131 Å². The Morgan fingerprint density at radius 1 is 0.667 bits per heavy atom. The van der Waals surface area contributed by atoms with Crippen molar-refractivity contribution in [2.75, 3.05) is 19.3 Å². The van der Waals surface area contributed by atoms with Gasteiger partial charge >= 0.3 is 11.9 Å². The third kappa shape index (κ3) is 5.22. The molecule has 0 N–H and O–H groups in total. The molecule has 1 aliphatic heterocycles. The minimum atomic E-state index is -2.00. The van der Waals surface area contributed by atoms with E-state index in [1.54, 1.807) is 12.1 Å². The van der Waals surface area contributed by atoms with E-state index in [0.29, 0.717) is 22.5 Å². The fourth-order valence-corrected chi connectivity index (χ4v) is 4.80. The molecule has 0 amide bonds. The van der Waals surface area contributed by atoms with E-state index in [1.165, 1.54) is 19.3 Å². The van der Waals surface area contributed by atoms with Gasteiger partial charge in [0.15, 0.2) is 5.71 Å². The summed E-state index contributed by atoms with van der Waals surface area (Å²) < 4.78 is 10.8. The maximum absolute atomic E-state index is 14.4. The van der Waals surface area contributed by atoms with E-state index in [1.807, 2.05) is 111 Å². The van der Waals surface area contributed by atoms with Crippen LogP contribution < -0.4 is 5.12 Å². The van der Waals surface area contributed by atoms with Gasteiger partial charge in [0.25, 0.3) is 0 Å². The average molecular weight is 559 g/mol. The van der Waals surface area contributed by atoms with E-state index >= 15 is 0 Å². The lowest BCUT2D eigenvalue weighted by molar-refractivity contribution is -0.144. The second kappa shape index (κ2) is 12.0. The number of hydrogen-bond acceptors (Lipinski definition) is 8. The number of hydrogen-bond donors (Lipinski definition) is 0. The number of aliphatic imine (C=N–C) groups is 1. The number of hydrazone groups is 2. The summed E-state index contributed by atoms with van der Waals surface area (Å²) in [5.41, 5.74) is 2.53. The van der Waals surface area contributed by atoms with Crippen molar-refractivity contribution in [1.29, 1.82) is 0 Å². The third-order valence-corrected chi connectivity index (χ3v) is 6.96. The van der Waals surface area contributed by atoms with Crippen LogP contribution in [0.1, 0.15) is 22.3 Å². The Labute approximate surface area is 244 Å². The van der Waals surface area contributed by atoms with Gasteiger partial charge in [0.2, 0.25) is 5.41 Å². The standard InChI is InChI=1S/C34H30N4O4/c1-23-15-19-27(20-16-23)35-31(32(39)41-3)34(33(40)42-4)29(25-11-7-5-8-12-25)36-38(28-21-17-24(2)18-22-28)37-30(34)26-13-9-6-10-14-26/h5-22H,1-4H3. The van der Waals surface area contributed by atoms with Gasteiger partial charge in [-0.1, -0.05) is 96.1 Å². The molecule has 1 heterocycles. The number of rotatable bonds is 7. The van der Waals surface area contributed by atoms with Gasteiger partial charge in [-0.25, -0.2) is 9.79 Å². The topological polar surface area (TPSA) is 92.9 Å². The molecule has 0 radical (unpaired) electrons. The van der Waals surface area contributed by atoms with Crippen LogP contribution in [0.4, 0.5) is 11.4 Å². The van der Waals surface area contributed by atoms with E-state index in [-0.39, 0.29) is 17.1 Å². The minimum absolute atomic E-state index is 0.209. The van der Waals surface area contributed by atoms with Crippen molar-refractivity contribution in [2.45, 2.75) is 13.8 Å². The quantitative estimate of drug-likeness (QED) is 0.204. The Morgan fingerprint density at radius 3 is 1.60 bits per heavy atom. The van der Waals surface area contributed by atoms with E-state index < -0.39 is 17.4 Å². The van der Waals surface area contributed by atoms with E-state index in [9.17, 15) is 9.59 Å². The van der Waals surface area contributed by atoms with Gasteiger partial charge in [0.05, 0.1) is 25.6 Å². The number of carbonyl (C=O) groups excluding carboxylic acids is 2. The van der Waals surface area contributed by atoms with Crippen molar-refractivity contribution in [1.82, 2.24) is 0 Å². The van der Waals surface area contributed by atoms with Crippen LogP contribution >= 0.6 is 0 Å². The number of esters is 2. The van der Waals surface area contributed by atoms with Crippen molar-refractivity contribution in [2.24, 2.45) is 20.6 Å². The molecule has 8 nitrogen and oxygen atoms in total. The Morgan fingerprint density at radius 2 is 1.14 bits per heavy atom. The molecular formula is C34H30N4O4. The molecule has 0 atom stereocenters. The normalized spacial score (nSPS) is 14.5. The highest BCUT2D eigenvalue weighted by Crippen LogP contribution is 2.39. The molecule has 4 aromatic carbocycles. The summed E-state index contributed by atoms with van der Waals surface area (Å²) in [6.07, 6.45) is 0. The summed E-state index contributed by atoms with van der Waals surface area (Å²) in [7, 11) is 2.51. The molecule has 1 aliphatic rings. The second-order valence-corrected chi connectivity index (χ2v) is 9.78. The molecule has 0 aromatic heterocycles. The summed E-state index contributed by atoms with van der Waals surface area (Å²) in [6.45, 7) is 3.94. The van der Waals surface area contributed by atoms with E-state index in [0.717, 1.165) is 11.1 Å². The molecule has 0 unspecified atom stereocenters. The smallest absolute Gasteiger partial charge is 0.354 e. The Balaban J connectivity index is 1.92. The van der Waals surface area contributed by atoms with Crippen LogP contribution in [-0.2, 0) is 19.1 Å². The van der Waals surface area contributed by atoms with Crippen molar-refractivity contribution >= 4 is 40.4 Å². The second-order valence-electron chi connectivity index (χ2n) is 9.78. The first-order valence-corrected chi connectivity index (χ1v) is 13.4. The number of aryl methyl sites for hydroxylation is 2. The molecule has 5 rings (SSSR count). The van der Waals surface area contributed by atoms with Crippen molar-refractivity contribution < 1.29 is 19.1 Å². The van der Waals surface area contributed by atoms with Crippen molar-refractivity contribution in [3.63, 3.8) is 0 Å². The SMILES string of the molecule is COC(=O)C(=Nc1ccc(C)cc1)C1(C(=O)OC)C(c2ccccc2)=NN(c2ccc(C)cc2)N=C1c1ccccc1. The molecule has 42 heavy (non-hydrogen) atoms. The molecule has 8 heteroatoms. The van der Waals surface area contributed by atoms with Gasteiger partial charge in [0.1, 0.15) is 11.4 Å². The first-order chi connectivity index (χ1) is 20.4. The number of nitrogens with zero attached hydrogens (tertiary/aromatic N) is 4. The number of anilines is 1. The maximum atomic E-state index is 14.4. The lowest BCUT2D eigenvalue weighted by Crippen LogP contribution is -2.59. The molecule has 0 saturated carbocycles. The van der Waals surface area contributed by atoms with E-state index in [2.05, 4.69) is 0 Å². The fourth-order valence-electron chi connectivity index (χ4n) is 4.80. The number of carbonyl (C=O) groups is 2. The maximum Gasteiger partial charge on any atom is 0.354 e. The number of ether oxygens (including phenoxy) is 2. The monoisotopic (exact) mass is 558 g/mol. The fraction of sp³-hybridized carbons (Fsp3) is 0.147. The molecule has 0 aliphatic carbocycles. The Hall–Kier alpha value is -5.37. The van der Waals surface area contributed by atoms with Gasteiger partial charge in [-0.05, 0) is 49.2 Å². The number of methoxy groups -OCH3 is 2. The van der Waals surface area contributed by atoms with Crippen LogP contribution in [0.5, 0.6) is 0 Å². The van der Waals surface area contributed by atoms with Gasteiger partial charge in [-0.15, -0.1) is 0 Å². The largest absolute Gasteiger partial charge is 0.468 e. The van der Waals surface area contributed by atoms with Gasteiger partial charge < -0.3 is 9.47 Å². The molecule has 210 valence electrons. The predicted molar refractivity (Wildman–Crippen MR) is 164 cm³/mol. The first kappa shape index (κ1) is 28.2. The van der Waals surface area contributed by atoms with Crippen LogP contribution in [0, 0.1) is 19.3 Å². The zero-order valence-corrected chi connectivity index (χ0v) is 23.8.